The van der Waals surface area contributed by atoms with E-state index < -0.39 is 0 Å². The van der Waals surface area contributed by atoms with Gasteiger partial charge in [0, 0.05) is 30.3 Å². The third-order valence-electron chi connectivity index (χ3n) is 3.53. The molecule has 1 N–H and O–H groups in total. The van der Waals surface area contributed by atoms with Crippen molar-refractivity contribution in [3.63, 3.8) is 0 Å². The zero-order chi connectivity index (χ0) is 14.7. The van der Waals surface area contributed by atoms with E-state index in [4.69, 9.17) is 23.2 Å². The highest BCUT2D eigenvalue weighted by molar-refractivity contribution is 7.20. The van der Waals surface area contributed by atoms with Gasteiger partial charge in [0.05, 0.1) is 14.4 Å². The minimum Gasteiger partial charge on any atom is -0.313 e. The lowest BCUT2D eigenvalue weighted by Gasteiger charge is -2.14. The van der Waals surface area contributed by atoms with E-state index in [1.807, 2.05) is 24.0 Å². The number of halogens is 2. The van der Waals surface area contributed by atoms with Crippen molar-refractivity contribution in [2.24, 2.45) is 0 Å². The lowest BCUT2D eigenvalue weighted by molar-refractivity contribution is 0.469. The molecule has 2 unspecified atom stereocenters. The van der Waals surface area contributed by atoms with E-state index in [9.17, 15) is 0 Å². The first-order valence-electron chi connectivity index (χ1n) is 6.71. The van der Waals surface area contributed by atoms with E-state index in [2.05, 4.69) is 30.3 Å². The summed E-state index contributed by atoms with van der Waals surface area (Å²) in [4.78, 5) is 0. The van der Waals surface area contributed by atoms with E-state index in [0.29, 0.717) is 6.04 Å². The zero-order valence-corrected chi connectivity index (χ0v) is 14.2. The first-order chi connectivity index (χ1) is 9.55. The Kier molecular flexibility index (Phi) is 5.49. The summed E-state index contributed by atoms with van der Waals surface area (Å²) in [6.45, 7) is 4.33. The van der Waals surface area contributed by atoms with Gasteiger partial charge in [-0.25, -0.2) is 0 Å². The molecule has 2 aromatic rings. The molecule has 0 saturated carbocycles. The molecule has 0 spiro atoms. The quantitative estimate of drug-likeness (QED) is 0.829. The number of hydrogen-bond acceptors (Lipinski definition) is 3. The van der Waals surface area contributed by atoms with Crippen molar-refractivity contribution in [3.8, 4) is 0 Å². The Morgan fingerprint density at radius 1 is 1.45 bits per heavy atom. The van der Waals surface area contributed by atoms with Gasteiger partial charge in [0.15, 0.2) is 0 Å². The molecule has 0 bridgehead atoms. The summed E-state index contributed by atoms with van der Waals surface area (Å²) in [6.07, 6.45) is 3.91. The predicted molar refractivity (Wildman–Crippen MR) is 87.1 cm³/mol. The molecule has 0 aromatic carbocycles. The fourth-order valence-corrected chi connectivity index (χ4v) is 3.67. The van der Waals surface area contributed by atoms with Gasteiger partial charge < -0.3 is 5.32 Å². The van der Waals surface area contributed by atoms with Gasteiger partial charge in [-0.1, -0.05) is 30.1 Å². The van der Waals surface area contributed by atoms with Crippen molar-refractivity contribution in [2.45, 2.75) is 38.8 Å². The van der Waals surface area contributed by atoms with E-state index in [0.717, 1.165) is 32.8 Å². The van der Waals surface area contributed by atoms with Crippen molar-refractivity contribution in [1.82, 2.24) is 15.1 Å². The molecule has 20 heavy (non-hydrogen) atoms. The molecule has 2 aromatic heterocycles. The Bertz CT molecular complexity index is 565. The van der Waals surface area contributed by atoms with Gasteiger partial charge in [-0.3, -0.25) is 4.68 Å². The van der Waals surface area contributed by atoms with Gasteiger partial charge >= 0.3 is 0 Å². The van der Waals surface area contributed by atoms with E-state index in [-0.39, 0.29) is 6.04 Å². The summed E-state index contributed by atoms with van der Waals surface area (Å²) in [5.41, 5.74) is 2.10. The Labute approximate surface area is 133 Å². The first-order valence-corrected chi connectivity index (χ1v) is 8.28. The molecule has 2 atom stereocenters. The van der Waals surface area contributed by atoms with Crippen LogP contribution in [-0.2, 0) is 6.42 Å². The van der Waals surface area contributed by atoms with Crippen LogP contribution < -0.4 is 5.32 Å². The smallest absolute Gasteiger partial charge is 0.0992 e. The molecule has 0 aliphatic carbocycles. The average Bonchev–Trinajstić information content (AvgIpc) is 3.02. The van der Waals surface area contributed by atoms with Crippen LogP contribution in [0.15, 0.2) is 18.3 Å². The van der Waals surface area contributed by atoms with Gasteiger partial charge in [-0.2, -0.15) is 5.10 Å². The Balaban J connectivity index is 2.14. The molecule has 0 radical (unpaired) electrons. The first kappa shape index (κ1) is 15.8. The van der Waals surface area contributed by atoms with Crippen molar-refractivity contribution in [2.75, 3.05) is 7.05 Å². The summed E-state index contributed by atoms with van der Waals surface area (Å²) < 4.78 is 3.48. The molecule has 2 rings (SSSR count). The van der Waals surface area contributed by atoms with Crippen LogP contribution >= 0.6 is 34.5 Å². The SMILES string of the molecule is CCC(C)n1ccc(CC(NC)c2cc(Cl)sc2Cl)n1. The Morgan fingerprint density at radius 3 is 2.75 bits per heavy atom. The number of likely N-dealkylation sites (N-methyl/N-ethyl adjacent to an activating group) is 1. The minimum atomic E-state index is 0.131. The van der Waals surface area contributed by atoms with E-state index in [1.54, 1.807) is 0 Å². The molecule has 2 heterocycles. The molecule has 6 heteroatoms. The second kappa shape index (κ2) is 6.94. The minimum absolute atomic E-state index is 0.131. The maximum Gasteiger partial charge on any atom is 0.0992 e. The zero-order valence-electron chi connectivity index (χ0n) is 11.9. The monoisotopic (exact) mass is 331 g/mol. The van der Waals surface area contributed by atoms with Crippen LogP contribution in [0.4, 0.5) is 0 Å². The molecular formula is C14H19Cl2N3S. The normalized spacial score (nSPS) is 14.4. The van der Waals surface area contributed by atoms with Gasteiger partial charge in [0.25, 0.3) is 0 Å². The van der Waals surface area contributed by atoms with Crippen molar-refractivity contribution in [3.05, 3.63) is 38.3 Å². The highest BCUT2D eigenvalue weighted by Gasteiger charge is 2.18. The number of rotatable bonds is 6. The van der Waals surface area contributed by atoms with Crippen LogP contribution in [0.2, 0.25) is 8.67 Å². The van der Waals surface area contributed by atoms with Crippen LogP contribution in [0.1, 0.15) is 43.6 Å². The maximum absolute atomic E-state index is 6.23. The molecule has 0 amide bonds. The number of hydrogen-bond donors (Lipinski definition) is 1. The number of nitrogens with zero attached hydrogens (tertiary/aromatic N) is 2. The molecular weight excluding hydrogens is 313 g/mol. The summed E-state index contributed by atoms with van der Waals surface area (Å²) >= 11 is 13.7. The van der Waals surface area contributed by atoms with Gasteiger partial charge in [-0.05, 0) is 32.5 Å². The van der Waals surface area contributed by atoms with E-state index >= 15 is 0 Å². The molecule has 110 valence electrons. The predicted octanol–water partition coefficient (Wildman–Crippen LogP) is 4.73. The topological polar surface area (TPSA) is 29.9 Å². The largest absolute Gasteiger partial charge is 0.313 e. The maximum atomic E-state index is 6.23. The fraction of sp³-hybridized carbons (Fsp3) is 0.500. The molecule has 0 fully saturated rings. The highest BCUT2D eigenvalue weighted by atomic mass is 35.5. The van der Waals surface area contributed by atoms with E-state index in [1.165, 1.54) is 11.3 Å². The van der Waals surface area contributed by atoms with Gasteiger partial charge in [0.2, 0.25) is 0 Å². The lowest BCUT2D eigenvalue weighted by Crippen LogP contribution is -2.19. The summed E-state index contributed by atoms with van der Waals surface area (Å²) in [5.74, 6) is 0. The van der Waals surface area contributed by atoms with Crippen molar-refractivity contribution < 1.29 is 0 Å². The number of nitrogens with one attached hydrogen (secondary N) is 1. The average molecular weight is 332 g/mol. The van der Waals surface area contributed by atoms with Gasteiger partial charge in [-0.15, -0.1) is 11.3 Å². The standard InChI is InChI=1S/C14H19Cl2N3S/c1-4-9(2)19-6-5-10(18-19)7-12(17-3)11-8-13(15)20-14(11)16/h5-6,8-9,12,17H,4,7H2,1-3H3. The second-order valence-corrected chi connectivity index (χ2v) is 7.15. The molecule has 3 nitrogen and oxygen atoms in total. The third kappa shape index (κ3) is 3.55. The number of thiophene rings is 1. The van der Waals surface area contributed by atoms with Crippen LogP contribution in [0.5, 0.6) is 0 Å². The van der Waals surface area contributed by atoms with Crippen LogP contribution in [0.3, 0.4) is 0 Å². The summed E-state index contributed by atoms with van der Waals surface area (Å²) in [7, 11) is 1.93. The van der Waals surface area contributed by atoms with Crippen molar-refractivity contribution in [1.29, 1.82) is 0 Å². The van der Waals surface area contributed by atoms with Crippen LogP contribution in [-0.4, -0.2) is 16.8 Å². The highest BCUT2D eigenvalue weighted by Crippen LogP contribution is 2.35. The Hall–Kier alpha value is -0.550. The molecule has 0 aliphatic rings. The van der Waals surface area contributed by atoms with Crippen LogP contribution in [0.25, 0.3) is 0 Å². The number of aromatic nitrogens is 2. The fourth-order valence-electron chi connectivity index (χ4n) is 2.09. The second-order valence-electron chi connectivity index (χ2n) is 4.87. The Morgan fingerprint density at radius 2 is 2.20 bits per heavy atom. The lowest BCUT2D eigenvalue weighted by atomic mass is 10.1. The van der Waals surface area contributed by atoms with Crippen molar-refractivity contribution >= 4 is 34.5 Å². The molecule has 0 aliphatic heterocycles. The summed E-state index contributed by atoms with van der Waals surface area (Å²) in [5, 5.41) is 7.92. The van der Waals surface area contributed by atoms with Gasteiger partial charge in [0.1, 0.15) is 0 Å². The molecule has 0 saturated heterocycles. The summed E-state index contributed by atoms with van der Waals surface area (Å²) in [6, 6.07) is 4.56. The van der Waals surface area contributed by atoms with Crippen LogP contribution in [0, 0.1) is 0 Å². The third-order valence-corrected chi connectivity index (χ3v) is 5.04.